The molecule has 1 aliphatic heterocycles. The lowest BCUT2D eigenvalue weighted by Crippen LogP contribution is -2.41. The molecule has 2 aromatic rings. The first-order valence-corrected chi connectivity index (χ1v) is 9.18. The van der Waals surface area contributed by atoms with Gasteiger partial charge in [0.25, 0.3) is 0 Å². The highest BCUT2D eigenvalue weighted by Gasteiger charge is 2.33. The highest BCUT2D eigenvalue weighted by atomic mass is 79.9. The van der Waals surface area contributed by atoms with Gasteiger partial charge in [-0.1, -0.05) is 0 Å². The molecule has 1 N–H and O–H groups in total. The van der Waals surface area contributed by atoms with E-state index in [9.17, 15) is 13.2 Å². The molecule has 0 aliphatic carbocycles. The average Bonchev–Trinajstić information content (AvgIpc) is 2.92. The van der Waals surface area contributed by atoms with Crippen LogP contribution in [-0.2, 0) is 12.7 Å². The monoisotopic (exact) mass is 420 g/mol. The molecule has 1 fully saturated rings. The summed E-state index contributed by atoms with van der Waals surface area (Å²) in [5.74, 6) is 0.225. The third-order valence-corrected chi connectivity index (χ3v) is 5.50. The molecule has 3 rings (SSSR count). The Bertz CT molecular complexity index is 691. The predicted molar refractivity (Wildman–Crippen MR) is 91.0 cm³/mol. The molecule has 3 heterocycles. The van der Waals surface area contributed by atoms with Gasteiger partial charge in [-0.2, -0.15) is 13.2 Å². The Hall–Kier alpha value is -1.19. The molecular formula is C15H16BrF3N4S. The van der Waals surface area contributed by atoms with Crippen LogP contribution in [0.1, 0.15) is 23.4 Å². The van der Waals surface area contributed by atoms with Crippen molar-refractivity contribution in [2.45, 2.75) is 31.6 Å². The standard InChI is InChI=1S/C15H16BrF3N4S/c16-10-4-12(24-8-10)7-23-3-1-2-11(6-23)22-14-5-13(15(17,18)19)20-9-21-14/h4-5,8-9,11H,1-3,6-7H2,(H,20,21,22). The normalized spacial score (nSPS) is 19.4. The molecule has 0 spiro atoms. The molecule has 1 atom stereocenters. The van der Waals surface area contributed by atoms with E-state index in [2.05, 4.69) is 47.6 Å². The van der Waals surface area contributed by atoms with Gasteiger partial charge in [0.15, 0.2) is 0 Å². The van der Waals surface area contributed by atoms with E-state index >= 15 is 0 Å². The number of aromatic nitrogens is 2. The van der Waals surface area contributed by atoms with Crippen molar-refractivity contribution in [3.05, 3.63) is 38.9 Å². The molecule has 4 nitrogen and oxygen atoms in total. The Morgan fingerprint density at radius 1 is 1.33 bits per heavy atom. The lowest BCUT2D eigenvalue weighted by molar-refractivity contribution is -0.141. The first kappa shape index (κ1) is 17.6. The van der Waals surface area contributed by atoms with Crippen LogP contribution in [0.4, 0.5) is 19.0 Å². The van der Waals surface area contributed by atoms with Gasteiger partial charge >= 0.3 is 6.18 Å². The highest BCUT2D eigenvalue weighted by Crippen LogP contribution is 2.29. The minimum absolute atomic E-state index is 0.0816. The summed E-state index contributed by atoms with van der Waals surface area (Å²) >= 11 is 5.15. The molecule has 9 heteroatoms. The molecule has 24 heavy (non-hydrogen) atoms. The van der Waals surface area contributed by atoms with Gasteiger partial charge in [0.2, 0.25) is 0 Å². The summed E-state index contributed by atoms with van der Waals surface area (Å²) in [6.45, 7) is 2.62. The van der Waals surface area contributed by atoms with Crippen LogP contribution in [0.25, 0.3) is 0 Å². The van der Waals surface area contributed by atoms with Crippen molar-refractivity contribution in [2.24, 2.45) is 0 Å². The van der Waals surface area contributed by atoms with Crippen LogP contribution in [0.2, 0.25) is 0 Å². The Morgan fingerprint density at radius 2 is 2.17 bits per heavy atom. The zero-order valence-electron chi connectivity index (χ0n) is 12.7. The Balaban J connectivity index is 1.61. The minimum Gasteiger partial charge on any atom is -0.366 e. The lowest BCUT2D eigenvalue weighted by Gasteiger charge is -2.33. The van der Waals surface area contributed by atoms with E-state index in [1.54, 1.807) is 11.3 Å². The molecule has 2 aromatic heterocycles. The second-order valence-corrected chi connectivity index (χ2v) is 7.65. The fourth-order valence-electron chi connectivity index (χ4n) is 2.77. The first-order chi connectivity index (χ1) is 11.4. The highest BCUT2D eigenvalue weighted by molar-refractivity contribution is 9.10. The lowest BCUT2D eigenvalue weighted by atomic mass is 10.1. The fourth-order valence-corrected chi connectivity index (χ4v) is 4.27. The van der Waals surface area contributed by atoms with Crippen molar-refractivity contribution in [2.75, 3.05) is 18.4 Å². The largest absolute Gasteiger partial charge is 0.433 e. The zero-order valence-corrected chi connectivity index (χ0v) is 15.1. The summed E-state index contributed by atoms with van der Waals surface area (Å²) in [5.41, 5.74) is -0.920. The number of rotatable bonds is 4. The van der Waals surface area contributed by atoms with Gasteiger partial charge in [0.1, 0.15) is 17.8 Å². The molecular weight excluding hydrogens is 405 g/mol. The quantitative estimate of drug-likeness (QED) is 0.795. The van der Waals surface area contributed by atoms with Gasteiger partial charge in [-0.15, -0.1) is 11.3 Å². The zero-order chi connectivity index (χ0) is 17.2. The SMILES string of the molecule is FC(F)(F)c1cc(NC2CCCN(Cc3cc(Br)cs3)C2)ncn1. The van der Waals surface area contributed by atoms with Crippen LogP contribution in [-0.4, -0.2) is 34.0 Å². The fraction of sp³-hybridized carbons (Fsp3) is 0.467. The van der Waals surface area contributed by atoms with Crippen LogP contribution in [0.5, 0.6) is 0 Å². The molecule has 1 saturated heterocycles. The number of hydrogen-bond donors (Lipinski definition) is 1. The van der Waals surface area contributed by atoms with Gasteiger partial charge < -0.3 is 5.32 Å². The number of halogens is 4. The van der Waals surface area contributed by atoms with Crippen LogP contribution >= 0.6 is 27.3 Å². The van der Waals surface area contributed by atoms with Gasteiger partial charge in [-0.3, -0.25) is 4.90 Å². The van der Waals surface area contributed by atoms with E-state index < -0.39 is 11.9 Å². The summed E-state index contributed by atoms with van der Waals surface area (Å²) in [5, 5.41) is 5.17. The van der Waals surface area contributed by atoms with Crippen LogP contribution in [0, 0.1) is 0 Å². The third-order valence-electron chi connectivity index (χ3n) is 3.82. The van der Waals surface area contributed by atoms with Gasteiger partial charge in [0.05, 0.1) is 0 Å². The molecule has 0 aromatic carbocycles. The number of thiophene rings is 1. The number of piperidine rings is 1. The molecule has 130 valence electrons. The number of alkyl halides is 3. The predicted octanol–water partition coefficient (Wildman–Crippen LogP) is 4.40. The molecule has 0 amide bonds. The van der Waals surface area contributed by atoms with Crippen molar-refractivity contribution in [3.8, 4) is 0 Å². The maximum Gasteiger partial charge on any atom is 0.433 e. The molecule has 0 radical (unpaired) electrons. The summed E-state index contributed by atoms with van der Waals surface area (Å²) in [6, 6.07) is 3.15. The second kappa shape index (κ2) is 7.37. The molecule has 1 aliphatic rings. The maximum atomic E-state index is 12.7. The van der Waals surface area contributed by atoms with Gasteiger partial charge in [0, 0.05) is 39.9 Å². The van der Waals surface area contributed by atoms with Crippen molar-refractivity contribution >= 4 is 33.1 Å². The molecule has 0 saturated carbocycles. The summed E-state index contributed by atoms with van der Waals surface area (Å²) < 4.78 is 39.2. The Morgan fingerprint density at radius 3 is 2.88 bits per heavy atom. The van der Waals surface area contributed by atoms with E-state index in [0.717, 1.165) is 49.3 Å². The van der Waals surface area contributed by atoms with E-state index in [4.69, 9.17) is 0 Å². The van der Waals surface area contributed by atoms with Gasteiger partial charge in [-0.25, -0.2) is 9.97 Å². The average molecular weight is 421 g/mol. The number of likely N-dealkylation sites (tertiary alicyclic amines) is 1. The van der Waals surface area contributed by atoms with Crippen LogP contribution in [0.15, 0.2) is 28.3 Å². The van der Waals surface area contributed by atoms with E-state index in [-0.39, 0.29) is 11.9 Å². The smallest absolute Gasteiger partial charge is 0.366 e. The van der Waals surface area contributed by atoms with Crippen molar-refractivity contribution < 1.29 is 13.2 Å². The first-order valence-electron chi connectivity index (χ1n) is 7.51. The maximum absolute atomic E-state index is 12.7. The summed E-state index contributed by atoms with van der Waals surface area (Å²) in [6.07, 6.45) is -1.59. The number of nitrogens with zero attached hydrogens (tertiary/aromatic N) is 3. The number of hydrogen-bond acceptors (Lipinski definition) is 5. The van der Waals surface area contributed by atoms with Crippen LogP contribution < -0.4 is 5.32 Å². The topological polar surface area (TPSA) is 41.0 Å². The van der Waals surface area contributed by atoms with Crippen LogP contribution in [0.3, 0.4) is 0 Å². The van der Waals surface area contributed by atoms with Gasteiger partial charge in [-0.05, 0) is 41.4 Å². The third kappa shape index (κ3) is 4.67. The van der Waals surface area contributed by atoms with Crippen molar-refractivity contribution in [1.82, 2.24) is 14.9 Å². The second-order valence-electron chi connectivity index (χ2n) is 5.74. The summed E-state index contributed by atoms with van der Waals surface area (Å²) in [7, 11) is 0. The van der Waals surface area contributed by atoms with E-state index in [1.807, 2.05) is 0 Å². The van der Waals surface area contributed by atoms with E-state index in [1.165, 1.54) is 4.88 Å². The van der Waals surface area contributed by atoms with E-state index in [0.29, 0.717) is 0 Å². The Labute approximate surface area is 150 Å². The summed E-state index contributed by atoms with van der Waals surface area (Å²) in [4.78, 5) is 10.8. The van der Waals surface area contributed by atoms with Crippen molar-refractivity contribution in [1.29, 1.82) is 0 Å². The molecule has 0 bridgehead atoms. The minimum atomic E-state index is -4.45. The number of nitrogens with one attached hydrogen (secondary N) is 1. The Kier molecular flexibility index (Phi) is 5.41. The van der Waals surface area contributed by atoms with Crippen molar-refractivity contribution in [3.63, 3.8) is 0 Å². The number of anilines is 1. The molecule has 1 unspecified atom stereocenters.